The van der Waals surface area contributed by atoms with E-state index in [4.69, 9.17) is 11.0 Å². The summed E-state index contributed by atoms with van der Waals surface area (Å²) in [6.45, 7) is 3.69. The minimum Gasteiger partial charge on any atom is -0.342 e. The molecular formula is C15H21N3O. The molecule has 0 aromatic heterocycles. The molecule has 0 bridgehead atoms. The second kappa shape index (κ2) is 6.91. The Bertz CT molecular complexity index is 452. The number of carbonyl (C=O) groups is 1. The molecule has 0 spiro atoms. The Kier molecular flexibility index (Phi) is 5.53. The monoisotopic (exact) mass is 259 g/mol. The fraction of sp³-hybridized carbons (Fsp3) is 0.467. The SMILES string of the molecule is CC(C(=O)N(C)C(C)CC#N)C(N)c1ccccc1. The third-order valence-electron chi connectivity index (χ3n) is 3.51. The average molecular weight is 259 g/mol. The number of rotatable bonds is 5. The Balaban J connectivity index is 2.75. The molecule has 3 unspecified atom stereocenters. The Hall–Kier alpha value is -1.86. The molecule has 0 saturated heterocycles. The Morgan fingerprint density at radius 2 is 1.95 bits per heavy atom. The smallest absolute Gasteiger partial charge is 0.227 e. The van der Waals surface area contributed by atoms with E-state index in [1.165, 1.54) is 0 Å². The predicted octanol–water partition coefficient (Wildman–Crippen LogP) is 2.08. The summed E-state index contributed by atoms with van der Waals surface area (Å²) in [5, 5.41) is 8.68. The van der Waals surface area contributed by atoms with Gasteiger partial charge in [0.05, 0.1) is 18.4 Å². The van der Waals surface area contributed by atoms with Crippen LogP contribution in [-0.4, -0.2) is 23.9 Å². The largest absolute Gasteiger partial charge is 0.342 e. The van der Waals surface area contributed by atoms with Crippen LogP contribution in [0, 0.1) is 17.2 Å². The predicted molar refractivity (Wildman–Crippen MR) is 75.0 cm³/mol. The minimum absolute atomic E-state index is 0.0286. The van der Waals surface area contributed by atoms with Gasteiger partial charge in [-0.25, -0.2) is 0 Å². The normalized spacial score (nSPS) is 15.1. The fourth-order valence-corrected chi connectivity index (χ4v) is 1.93. The maximum atomic E-state index is 12.3. The minimum atomic E-state index is -0.328. The van der Waals surface area contributed by atoms with Crippen LogP contribution in [0.1, 0.15) is 31.9 Å². The van der Waals surface area contributed by atoms with Crippen molar-refractivity contribution in [3.8, 4) is 6.07 Å². The molecule has 1 amide bonds. The summed E-state index contributed by atoms with van der Waals surface area (Å²) in [6.07, 6.45) is 0.329. The molecule has 0 radical (unpaired) electrons. The van der Waals surface area contributed by atoms with Gasteiger partial charge in [0.2, 0.25) is 5.91 Å². The van der Waals surface area contributed by atoms with Gasteiger partial charge in [-0.15, -0.1) is 0 Å². The number of nitrogens with two attached hydrogens (primary N) is 1. The second-order valence-corrected chi connectivity index (χ2v) is 4.89. The van der Waals surface area contributed by atoms with E-state index in [0.717, 1.165) is 5.56 Å². The van der Waals surface area contributed by atoms with Gasteiger partial charge in [-0.2, -0.15) is 5.26 Å². The summed E-state index contributed by atoms with van der Waals surface area (Å²) >= 11 is 0. The average Bonchev–Trinajstić information content (AvgIpc) is 2.45. The maximum Gasteiger partial charge on any atom is 0.227 e. The Labute approximate surface area is 114 Å². The number of hydrogen-bond acceptors (Lipinski definition) is 3. The number of nitriles is 1. The number of nitrogens with zero attached hydrogens (tertiary/aromatic N) is 2. The summed E-state index contributed by atoms with van der Waals surface area (Å²) in [4.78, 5) is 13.9. The molecule has 4 heteroatoms. The van der Waals surface area contributed by atoms with Crippen LogP contribution in [0.5, 0.6) is 0 Å². The quantitative estimate of drug-likeness (QED) is 0.880. The highest BCUT2D eigenvalue weighted by molar-refractivity contribution is 5.79. The van der Waals surface area contributed by atoms with Crippen LogP contribution in [0.15, 0.2) is 30.3 Å². The van der Waals surface area contributed by atoms with E-state index < -0.39 is 0 Å². The van der Waals surface area contributed by atoms with E-state index in [2.05, 4.69) is 6.07 Å². The lowest BCUT2D eigenvalue weighted by Crippen LogP contribution is -2.41. The molecule has 4 nitrogen and oxygen atoms in total. The first-order chi connectivity index (χ1) is 8.99. The highest BCUT2D eigenvalue weighted by Crippen LogP contribution is 2.21. The van der Waals surface area contributed by atoms with E-state index in [9.17, 15) is 4.79 Å². The highest BCUT2D eigenvalue weighted by atomic mass is 16.2. The standard InChI is InChI=1S/C15H21N3O/c1-11(9-10-16)18(3)15(19)12(2)14(17)13-7-5-4-6-8-13/h4-8,11-12,14H,9,17H2,1-3H3. The van der Waals surface area contributed by atoms with E-state index in [1.54, 1.807) is 11.9 Å². The number of benzene rings is 1. The zero-order valence-corrected chi connectivity index (χ0v) is 11.7. The number of hydrogen-bond donors (Lipinski definition) is 1. The summed E-state index contributed by atoms with van der Waals surface area (Å²) in [7, 11) is 1.72. The van der Waals surface area contributed by atoms with E-state index in [0.29, 0.717) is 6.42 Å². The Morgan fingerprint density at radius 3 is 2.47 bits per heavy atom. The molecule has 1 aromatic rings. The third kappa shape index (κ3) is 3.80. The van der Waals surface area contributed by atoms with Gasteiger partial charge in [0.15, 0.2) is 0 Å². The highest BCUT2D eigenvalue weighted by Gasteiger charge is 2.26. The van der Waals surface area contributed by atoms with Crippen LogP contribution < -0.4 is 5.73 Å². The van der Waals surface area contributed by atoms with Crippen LogP contribution in [0.3, 0.4) is 0 Å². The van der Waals surface area contributed by atoms with Gasteiger partial charge in [-0.05, 0) is 12.5 Å². The molecule has 0 aliphatic heterocycles. The molecule has 0 aliphatic rings. The summed E-state index contributed by atoms with van der Waals surface area (Å²) in [6, 6.07) is 11.2. The van der Waals surface area contributed by atoms with Crippen LogP contribution in [0.2, 0.25) is 0 Å². The molecule has 1 rings (SSSR count). The molecule has 0 saturated carbocycles. The molecule has 0 fully saturated rings. The van der Waals surface area contributed by atoms with Crippen molar-refractivity contribution in [2.45, 2.75) is 32.4 Å². The van der Waals surface area contributed by atoms with Gasteiger partial charge in [0.1, 0.15) is 0 Å². The van der Waals surface area contributed by atoms with Gasteiger partial charge >= 0.3 is 0 Å². The second-order valence-electron chi connectivity index (χ2n) is 4.89. The van der Waals surface area contributed by atoms with Crippen LogP contribution >= 0.6 is 0 Å². The fourth-order valence-electron chi connectivity index (χ4n) is 1.93. The van der Waals surface area contributed by atoms with Gasteiger partial charge in [0.25, 0.3) is 0 Å². The molecule has 2 N–H and O–H groups in total. The molecule has 19 heavy (non-hydrogen) atoms. The van der Waals surface area contributed by atoms with Crippen molar-refractivity contribution >= 4 is 5.91 Å². The zero-order chi connectivity index (χ0) is 14.4. The topological polar surface area (TPSA) is 70.1 Å². The summed E-state index contributed by atoms with van der Waals surface area (Å²) < 4.78 is 0. The van der Waals surface area contributed by atoms with E-state index in [1.807, 2.05) is 44.2 Å². The Morgan fingerprint density at radius 1 is 1.37 bits per heavy atom. The number of amides is 1. The van der Waals surface area contributed by atoms with Crippen molar-refractivity contribution < 1.29 is 4.79 Å². The molecule has 1 aromatic carbocycles. The van der Waals surface area contributed by atoms with E-state index >= 15 is 0 Å². The first-order valence-electron chi connectivity index (χ1n) is 6.43. The first kappa shape index (κ1) is 15.2. The third-order valence-corrected chi connectivity index (χ3v) is 3.51. The maximum absolute atomic E-state index is 12.3. The summed E-state index contributed by atoms with van der Waals surface area (Å²) in [5.41, 5.74) is 7.09. The van der Waals surface area contributed by atoms with Crippen molar-refractivity contribution in [3.05, 3.63) is 35.9 Å². The lowest BCUT2D eigenvalue weighted by molar-refractivity contribution is -0.136. The molecular weight excluding hydrogens is 238 g/mol. The van der Waals surface area contributed by atoms with Gasteiger partial charge < -0.3 is 10.6 Å². The molecule has 102 valence electrons. The van der Waals surface area contributed by atoms with Crippen molar-refractivity contribution in [2.24, 2.45) is 11.7 Å². The first-order valence-corrected chi connectivity index (χ1v) is 6.43. The van der Waals surface area contributed by atoms with Gasteiger partial charge in [-0.1, -0.05) is 37.3 Å². The van der Waals surface area contributed by atoms with Crippen LogP contribution in [-0.2, 0) is 4.79 Å². The molecule has 3 atom stereocenters. The van der Waals surface area contributed by atoms with Crippen LogP contribution in [0.4, 0.5) is 0 Å². The lowest BCUT2D eigenvalue weighted by atomic mass is 9.94. The molecule has 0 aliphatic carbocycles. The number of carbonyl (C=O) groups excluding carboxylic acids is 1. The summed E-state index contributed by atoms with van der Waals surface area (Å²) in [5.74, 6) is -0.340. The van der Waals surface area contributed by atoms with Crippen molar-refractivity contribution in [2.75, 3.05) is 7.05 Å². The molecule has 0 heterocycles. The van der Waals surface area contributed by atoms with Gasteiger partial charge in [-0.3, -0.25) is 4.79 Å². The van der Waals surface area contributed by atoms with Gasteiger partial charge in [0, 0.05) is 19.1 Å². The van der Waals surface area contributed by atoms with E-state index in [-0.39, 0.29) is 23.9 Å². The van der Waals surface area contributed by atoms with Crippen molar-refractivity contribution in [3.63, 3.8) is 0 Å². The lowest BCUT2D eigenvalue weighted by Gasteiger charge is -2.29. The van der Waals surface area contributed by atoms with Crippen molar-refractivity contribution in [1.82, 2.24) is 4.90 Å². The van der Waals surface area contributed by atoms with Crippen LogP contribution in [0.25, 0.3) is 0 Å². The zero-order valence-electron chi connectivity index (χ0n) is 11.7. The van der Waals surface area contributed by atoms with Crippen molar-refractivity contribution in [1.29, 1.82) is 5.26 Å².